The summed E-state index contributed by atoms with van der Waals surface area (Å²) >= 11 is 6.77. The van der Waals surface area contributed by atoms with Crippen LogP contribution < -0.4 is 5.32 Å². The van der Waals surface area contributed by atoms with Crippen LogP contribution in [0.5, 0.6) is 0 Å². The van der Waals surface area contributed by atoms with E-state index in [0.29, 0.717) is 23.0 Å². The van der Waals surface area contributed by atoms with E-state index >= 15 is 0 Å². The first-order valence-electron chi connectivity index (χ1n) is 8.78. The number of dihydropyridines is 1. The maximum absolute atomic E-state index is 12.0. The molecule has 1 N–H and O–H groups in total. The van der Waals surface area contributed by atoms with Crippen LogP contribution >= 0.6 is 45.6 Å². The average Bonchev–Trinajstić information content (AvgIpc) is 2.73. The number of carbonyl (C=O) groups is 1. The van der Waals surface area contributed by atoms with E-state index in [9.17, 15) is 10.1 Å². The van der Waals surface area contributed by atoms with Crippen molar-refractivity contribution >= 4 is 55.7 Å². The molecule has 28 heavy (non-hydrogen) atoms. The number of nitriles is 1. The van der Waals surface area contributed by atoms with Crippen LogP contribution in [0.3, 0.4) is 0 Å². The number of nitrogens with zero attached hydrogens (tertiary/aromatic N) is 1. The molecule has 0 amide bonds. The Bertz CT molecular complexity index is 774. The third kappa shape index (κ3) is 8.31. The molecule has 1 aromatic rings. The Morgan fingerprint density at radius 3 is 2.86 bits per heavy atom. The van der Waals surface area contributed by atoms with Crippen LogP contribution in [0.15, 0.2) is 53.6 Å². The molecule has 1 aliphatic rings. The molecule has 1 aromatic carbocycles. The predicted octanol–water partition coefficient (Wildman–Crippen LogP) is 5.08. The lowest BCUT2D eigenvalue weighted by Crippen LogP contribution is -2.22. The first-order valence-corrected chi connectivity index (χ1v) is 12.3. The highest BCUT2D eigenvalue weighted by Gasteiger charge is 2.28. The first-order chi connectivity index (χ1) is 13.5. The fourth-order valence-corrected chi connectivity index (χ4v) is 5.59. The first kappa shape index (κ1) is 22.9. The predicted molar refractivity (Wildman–Crippen MR) is 125 cm³/mol. The van der Waals surface area contributed by atoms with Crippen LogP contribution in [-0.4, -0.2) is 33.8 Å². The molecule has 0 bridgehead atoms. The molecule has 0 aliphatic carbocycles. The molecule has 0 aromatic heterocycles. The maximum Gasteiger partial charge on any atom is 0.305 e. The zero-order valence-corrected chi connectivity index (χ0v) is 18.8. The molecule has 0 saturated heterocycles. The van der Waals surface area contributed by atoms with E-state index in [0.717, 1.165) is 17.1 Å². The minimum absolute atomic E-state index is 0.198. The van der Waals surface area contributed by atoms with E-state index in [4.69, 9.17) is 17.0 Å². The second-order valence-corrected chi connectivity index (χ2v) is 10.7. The third-order valence-electron chi connectivity index (χ3n) is 3.73. The molecule has 4 nitrogen and oxygen atoms in total. The van der Waals surface area contributed by atoms with Gasteiger partial charge in [0.1, 0.15) is 11.4 Å². The summed E-state index contributed by atoms with van der Waals surface area (Å²) in [5.41, 5.74) is 0.916. The largest absolute Gasteiger partial charge is 0.465 e. The number of esters is 1. The molecule has 1 heterocycles. The summed E-state index contributed by atoms with van der Waals surface area (Å²) in [5, 5.41) is 13.9. The minimum atomic E-state index is -0.761. The van der Waals surface area contributed by atoms with Crippen LogP contribution in [0.2, 0.25) is 0 Å². The Kier molecular flexibility index (Phi) is 9.99. The van der Waals surface area contributed by atoms with Crippen LogP contribution in [0.1, 0.15) is 25.3 Å². The molecule has 8 heteroatoms. The molecule has 0 saturated carbocycles. The molecule has 2 rings (SSSR count). The molecule has 0 spiro atoms. The van der Waals surface area contributed by atoms with Crippen molar-refractivity contribution in [2.24, 2.45) is 0 Å². The number of carbonyl (C=O) groups excluding carboxylic acids is 1. The second-order valence-electron chi connectivity index (χ2n) is 6.06. The number of rotatable bonds is 10. The second kappa shape index (κ2) is 12.2. The summed E-state index contributed by atoms with van der Waals surface area (Å²) in [6.45, 7) is 3.02. The molecular weight excluding hydrogens is 429 g/mol. The van der Waals surface area contributed by atoms with Gasteiger partial charge in [-0.05, 0) is 35.8 Å². The van der Waals surface area contributed by atoms with Crippen molar-refractivity contribution in [2.45, 2.75) is 24.5 Å². The van der Waals surface area contributed by atoms with Crippen LogP contribution in [0.25, 0.3) is 0 Å². The highest BCUT2D eigenvalue weighted by molar-refractivity contribution is 8.78. The van der Waals surface area contributed by atoms with Crippen molar-refractivity contribution in [1.29, 1.82) is 5.26 Å². The lowest BCUT2D eigenvalue weighted by molar-refractivity contribution is -0.143. The summed E-state index contributed by atoms with van der Waals surface area (Å²) in [6, 6.07) is 11.9. The fourth-order valence-electron chi connectivity index (χ4n) is 2.17. The number of benzene rings is 1. The van der Waals surface area contributed by atoms with E-state index in [1.54, 1.807) is 21.6 Å². The van der Waals surface area contributed by atoms with Crippen LogP contribution in [0.4, 0.5) is 0 Å². The summed E-state index contributed by atoms with van der Waals surface area (Å²) in [6.07, 6.45) is 6.69. The summed E-state index contributed by atoms with van der Waals surface area (Å²) < 4.78 is 5.18. The van der Waals surface area contributed by atoms with Gasteiger partial charge in [-0.15, -0.1) is 0 Å². The van der Waals surface area contributed by atoms with Gasteiger partial charge >= 0.3 is 5.97 Å². The van der Waals surface area contributed by atoms with Crippen molar-refractivity contribution in [2.75, 3.05) is 18.9 Å². The Morgan fingerprint density at radius 2 is 2.18 bits per heavy atom. The van der Waals surface area contributed by atoms with Gasteiger partial charge in [0.15, 0.2) is 0 Å². The molecule has 0 fully saturated rings. The van der Waals surface area contributed by atoms with Gasteiger partial charge in [0.05, 0.1) is 15.3 Å². The number of thioether (sulfide) groups is 1. The smallest absolute Gasteiger partial charge is 0.305 e. The lowest BCUT2D eigenvalue weighted by atomic mass is 10.1. The van der Waals surface area contributed by atoms with Gasteiger partial charge in [-0.1, -0.05) is 77.3 Å². The Balaban J connectivity index is 1.66. The van der Waals surface area contributed by atoms with Crippen molar-refractivity contribution in [3.63, 3.8) is 0 Å². The molecule has 1 atom stereocenters. The van der Waals surface area contributed by atoms with Crippen LogP contribution in [0, 0.1) is 11.3 Å². The van der Waals surface area contributed by atoms with E-state index in [1.165, 1.54) is 11.8 Å². The fraction of sp³-hybridized carbons (Fsp3) is 0.350. The van der Waals surface area contributed by atoms with Gasteiger partial charge in [-0.2, -0.15) is 5.26 Å². The zero-order valence-electron chi connectivity index (χ0n) is 15.6. The van der Waals surface area contributed by atoms with Crippen molar-refractivity contribution in [3.05, 3.63) is 59.2 Å². The van der Waals surface area contributed by atoms with Gasteiger partial charge in [0.25, 0.3) is 0 Å². The lowest BCUT2D eigenvalue weighted by Gasteiger charge is -2.20. The minimum Gasteiger partial charge on any atom is -0.465 e. The molecule has 1 aliphatic heterocycles. The van der Waals surface area contributed by atoms with Gasteiger partial charge in [0, 0.05) is 18.7 Å². The van der Waals surface area contributed by atoms with Crippen molar-refractivity contribution in [3.8, 4) is 6.07 Å². The third-order valence-corrected chi connectivity index (χ3v) is 7.68. The highest BCUT2D eigenvalue weighted by Crippen LogP contribution is 2.33. The van der Waals surface area contributed by atoms with Crippen molar-refractivity contribution < 1.29 is 9.53 Å². The molecule has 0 radical (unpaired) electrons. The molecular formula is C20H22N2O2S4. The number of allylic oxidation sites excluding steroid dienone is 2. The topological polar surface area (TPSA) is 62.1 Å². The van der Waals surface area contributed by atoms with Gasteiger partial charge in [0.2, 0.25) is 0 Å². The SMILES string of the molecule is CC(C#N)(CCC(=O)OCCSSC1=CC=CCN1)SC(=S)c1ccccc1. The Hall–Kier alpha value is -1.40. The standard InChI is InChI=1S/C20H22N2O2S4/c1-20(15-21,27-19(25)16-7-3-2-4-8-16)11-10-18(23)24-13-14-26-28-17-9-5-6-12-22-17/h2-9,22H,10-14H2,1H3. The highest BCUT2D eigenvalue weighted by atomic mass is 33.1. The monoisotopic (exact) mass is 450 g/mol. The quantitative estimate of drug-likeness (QED) is 0.229. The number of thiocarbonyl (C=S) groups is 1. The summed E-state index contributed by atoms with van der Waals surface area (Å²) in [5.74, 6) is 0.429. The number of ether oxygens (including phenoxy) is 1. The van der Waals surface area contributed by atoms with E-state index in [2.05, 4.69) is 17.5 Å². The van der Waals surface area contributed by atoms with Gasteiger partial charge in [-0.25, -0.2) is 0 Å². The number of hydrogen-bond acceptors (Lipinski definition) is 8. The van der Waals surface area contributed by atoms with E-state index in [1.807, 2.05) is 49.4 Å². The Morgan fingerprint density at radius 1 is 1.39 bits per heavy atom. The van der Waals surface area contributed by atoms with Crippen molar-refractivity contribution in [1.82, 2.24) is 5.32 Å². The normalized spacial score (nSPS) is 14.9. The van der Waals surface area contributed by atoms with E-state index < -0.39 is 4.75 Å². The summed E-state index contributed by atoms with van der Waals surface area (Å²) in [7, 11) is 3.28. The van der Waals surface area contributed by atoms with Crippen LogP contribution in [-0.2, 0) is 9.53 Å². The van der Waals surface area contributed by atoms with Gasteiger partial charge < -0.3 is 10.1 Å². The molecule has 148 valence electrons. The van der Waals surface area contributed by atoms with E-state index in [-0.39, 0.29) is 12.4 Å². The van der Waals surface area contributed by atoms with Gasteiger partial charge in [-0.3, -0.25) is 4.79 Å². The number of nitrogens with one attached hydrogen (secondary N) is 1. The number of hydrogen-bond donors (Lipinski definition) is 1. The Labute approximate surface area is 184 Å². The average molecular weight is 451 g/mol. The maximum atomic E-state index is 12.0. The molecule has 1 unspecified atom stereocenters. The zero-order chi connectivity index (χ0) is 20.2. The summed E-state index contributed by atoms with van der Waals surface area (Å²) in [4.78, 5) is 12.0.